The molecule has 0 radical (unpaired) electrons. The van der Waals surface area contributed by atoms with E-state index in [4.69, 9.17) is 23.7 Å². The van der Waals surface area contributed by atoms with Gasteiger partial charge in [-0.25, -0.2) is 4.79 Å². The Bertz CT molecular complexity index is 1770. The normalized spacial score (nSPS) is 19.5. The molecule has 2 fully saturated rings. The van der Waals surface area contributed by atoms with E-state index in [2.05, 4.69) is 53.4 Å². The summed E-state index contributed by atoms with van der Waals surface area (Å²) in [6.07, 6.45) is 0.637. The number of ether oxygens (including phenoxy) is 5. The standard InChI is InChI=1S/C45H56N2O7/c1-45(2,3)54-44(49)47-30-39(33-52-27-22-46-20-25-50-26-21-46)43(41(31-47)42(48)29-35-14-15-36-12-7-8-13-38(36)28-35)37-16-18-40(19-17-37)53-24-9-23-51-32-34-10-5-4-6-11-34/h4-8,10-19,28,39,41,43H,9,20-27,29-33H2,1-3H3. The number of piperidine rings is 1. The van der Waals surface area contributed by atoms with Crippen LogP contribution in [0.2, 0.25) is 0 Å². The number of carbonyl (C=O) groups is 2. The molecule has 9 nitrogen and oxygen atoms in total. The number of carbonyl (C=O) groups excluding carboxylic acids is 2. The van der Waals surface area contributed by atoms with Crippen molar-refractivity contribution in [2.75, 3.05) is 72.4 Å². The lowest BCUT2D eigenvalue weighted by Gasteiger charge is -2.43. The van der Waals surface area contributed by atoms with E-state index in [1.807, 2.05) is 69.3 Å². The quantitative estimate of drug-likeness (QED) is 0.109. The number of hydrogen-bond acceptors (Lipinski definition) is 8. The van der Waals surface area contributed by atoms with Crippen LogP contribution in [0.25, 0.3) is 10.8 Å². The molecular weight excluding hydrogens is 681 g/mol. The van der Waals surface area contributed by atoms with Gasteiger partial charge in [0.25, 0.3) is 0 Å². The molecule has 2 aliphatic heterocycles. The number of morpholine rings is 1. The summed E-state index contributed by atoms with van der Waals surface area (Å²) in [4.78, 5) is 32.2. The van der Waals surface area contributed by atoms with Crippen LogP contribution >= 0.6 is 0 Å². The van der Waals surface area contributed by atoms with E-state index in [1.54, 1.807) is 4.90 Å². The molecule has 0 N–H and O–H groups in total. The highest BCUT2D eigenvalue weighted by molar-refractivity contribution is 5.88. The Morgan fingerprint density at radius 2 is 1.52 bits per heavy atom. The van der Waals surface area contributed by atoms with Crippen molar-refractivity contribution < 1.29 is 33.3 Å². The van der Waals surface area contributed by atoms with Gasteiger partial charge in [-0.15, -0.1) is 0 Å². The number of amides is 1. The topological polar surface area (TPSA) is 86.8 Å². The number of benzene rings is 4. The van der Waals surface area contributed by atoms with Gasteiger partial charge < -0.3 is 28.6 Å². The van der Waals surface area contributed by atoms with Crippen LogP contribution in [0.15, 0.2) is 97.1 Å². The zero-order valence-corrected chi connectivity index (χ0v) is 32.1. The van der Waals surface area contributed by atoms with E-state index >= 15 is 0 Å². The fraction of sp³-hybridized carbons (Fsp3) is 0.467. The summed E-state index contributed by atoms with van der Waals surface area (Å²) >= 11 is 0. The van der Waals surface area contributed by atoms with Crippen molar-refractivity contribution in [1.82, 2.24) is 9.80 Å². The maximum Gasteiger partial charge on any atom is 0.410 e. The number of ketones is 1. The second-order valence-electron chi connectivity index (χ2n) is 15.4. The number of likely N-dealkylation sites (tertiary alicyclic amines) is 1. The zero-order chi connectivity index (χ0) is 37.8. The molecule has 3 atom stereocenters. The van der Waals surface area contributed by atoms with Crippen LogP contribution in [0.1, 0.15) is 49.8 Å². The Hall–Kier alpha value is -4.28. The van der Waals surface area contributed by atoms with Crippen molar-refractivity contribution in [1.29, 1.82) is 0 Å². The first-order valence-corrected chi connectivity index (χ1v) is 19.4. The molecule has 2 heterocycles. The Kier molecular flexibility index (Phi) is 14.1. The summed E-state index contributed by atoms with van der Waals surface area (Å²) in [6.45, 7) is 13.1. The number of hydrogen-bond donors (Lipinski definition) is 0. The van der Waals surface area contributed by atoms with Gasteiger partial charge in [0.1, 0.15) is 17.1 Å². The Labute approximate surface area is 320 Å². The van der Waals surface area contributed by atoms with Crippen molar-refractivity contribution >= 4 is 22.6 Å². The minimum absolute atomic E-state index is 0.0951. The highest BCUT2D eigenvalue weighted by atomic mass is 16.6. The van der Waals surface area contributed by atoms with E-state index in [0.29, 0.717) is 39.6 Å². The molecule has 54 heavy (non-hydrogen) atoms. The zero-order valence-electron chi connectivity index (χ0n) is 32.1. The Morgan fingerprint density at radius 3 is 2.28 bits per heavy atom. The second kappa shape index (κ2) is 19.4. The predicted octanol–water partition coefficient (Wildman–Crippen LogP) is 7.55. The van der Waals surface area contributed by atoms with E-state index in [0.717, 1.165) is 72.5 Å². The predicted molar refractivity (Wildman–Crippen MR) is 211 cm³/mol. The SMILES string of the molecule is CC(C)(C)OC(=O)N1CC(COCCN2CCOCC2)C(c2ccc(OCCCOCc3ccccc3)cc2)C(C(=O)Cc2ccc3ccccc3c2)C1. The summed E-state index contributed by atoms with van der Waals surface area (Å²) in [7, 11) is 0. The third-order valence-electron chi connectivity index (χ3n) is 10.1. The van der Waals surface area contributed by atoms with Crippen LogP contribution in [-0.4, -0.2) is 99.6 Å². The molecular formula is C45H56N2O7. The van der Waals surface area contributed by atoms with Gasteiger partial charge in [0.15, 0.2) is 0 Å². The van der Waals surface area contributed by atoms with Gasteiger partial charge in [-0.05, 0) is 60.4 Å². The van der Waals surface area contributed by atoms with Crippen LogP contribution in [0.4, 0.5) is 4.79 Å². The molecule has 0 aliphatic carbocycles. The van der Waals surface area contributed by atoms with Crippen molar-refractivity contribution in [2.24, 2.45) is 11.8 Å². The van der Waals surface area contributed by atoms with E-state index in [9.17, 15) is 9.59 Å². The second-order valence-corrected chi connectivity index (χ2v) is 15.4. The maximum atomic E-state index is 14.5. The van der Waals surface area contributed by atoms with Crippen molar-refractivity contribution in [3.05, 3.63) is 114 Å². The van der Waals surface area contributed by atoms with Crippen LogP contribution in [0.3, 0.4) is 0 Å². The lowest BCUT2D eigenvalue weighted by Crippen LogP contribution is -2.52. The minimum atomic E-state index is -0.660. The van der Waals surface area contributed by atoms with Gasteiger partial charge in [0.05, 0.1) is 46.2 Å². The smallest absolute Gasteiger partial charge is 0.410 e. The van der Waals surface area contributed by atoms with Crippen LogP contribution in [-0.2, 0) is 36.8 Å². The molecule has 0 saturated carbocycles. The summed E-state index contributed by atoms with van der Waals surface area (Å²) in [5.41, 5.74) is 2.49. The van der Waals surface area contributed by atoms with Gasteiger partial charge in [-0.2, -0.15) is 0 Å². The van der Waals surface area contributed by atoms with Crippen LogP contribution in [0.5, 0.6) is 5.75 Å². The molecule has 0 bridgehead atoms. The van der Waals surface area contributed by atoms with E-state index < -0.39 is 17.6 Å². The van der Waals surface area contributed by atoms with Gasteiger partial charge >= 0.3 is 6.09 Å². The summed E-state index contributed by atoms with van der Waals surface area (Å²) in [5, 5.41) is 2.24. The number of fused-ring (bicyclic) bond motifs is 1. The molecule has 0 spiro atoms. The van der Waals surface area contributed by atoms with E-state index in [-0.39, 0.29) is 30.6 Å². The maximum absolute atomic E-state index is 14.5. The van der Waals surface area contributed by atoms with Crippen molar-refractivity contribution in [3.63, 3.8) is 0 Å². The van der Waals surface area contributed by atoms with E-state index in [1.165, 1.54) is 0 Å². The minimum Gasteiger partial charge on any atom is -0.494 e. The fourth-order valence-electron chi connectivity index (χ4n) is 7.42. The third-order valence-corrected chi connectivity index (χ3v) is 10.1. The fourth-order valence-corrected chi connectivity index (χ4v) is 7.42. The van der Waals surface area contributed by atoms with Gasteiger partial charge in [0, 0.05) is 63.3 Å². The van der Waals surface area contributed by atoms with Crippen LogP contribution in [0, 0.1) is 11.8 Å². The lowest BCUT2D eigenvalue weighted by molar-refractivity contribution is -0.126. The molecule has 9 heteroatoms. The average molecular weight is 737 g/mol. The third kappa shape index (κ3) is 11.6. The molecule has 6 rings (SSSR count). The Balaban J connectivity index is 1.18. The monoisotopic (exact) mass is 736 g/mol. The summed E-state index contributed by atoms with van der Waals surface area (Å²) in [6, 6.07) is 32.7. The number of rotatable bonds is 16. The molecule has 3 unspecified atom stereocenters. The first-order chi connectivity index (χ1) is 26.2. The molecule has 2 saturated heterocycles. The molecule has 288 valence electrons. The number of Topliss-reactive ketones (excluding diaryl/α,β-unsaturated/α-hetero) is 1. The molecule has 1 amide bonds. The highest BCUT2D eigenvalue weighted by Gasteiger charge is 2.43. The number of nitrogens with zero attached hydrogens (tertiary/aromatic N) is 2. The van der Waals surface area contributed by atoms with Crippen LogP contribution < -0.4 is 4.74 Å². The average Bonchev–Trinajstić information content (AvgIpc) is 3.18. The first-order valence-electron chi connectivity index (χ1n) is 19.4. The van der Waals surface area contributed by atoms with Crippen molar-refractivity contribution in [3.8, 4) is 5.75 Å². The Morgan fingerprint density at radius 1 is 0.778 bits per heavy atom. The molecule has 4 aromatic carbocycles. The lowest BCUT2D eigenvalue weighted by atomic mass is 9.71. The highest BCUT2D eigenvalue weighted by Crippen LogP contribution is 2.40. The first kappa shape index (κ1) is 39.4. The molecule has 0 aromatic heterocycles. The molecule has 4 aromatic rings. The molecule has 2 aliphatic rings. The van der Waals surface area contributed by atoms with Crippen molar-refractivity contribution in [2.45, 2.75) is 51.7 Å². The summed E-state index contributed by atoms with van der Waals surface area (Å²) < 4.78 is 29.7. The largest absolute Gasteiger partial charge is 0.494 e. The van der Waals surface area contributed by atoms with Gasteiger partial charge in [0.2, 0.25) is 0 Å². The van der Waals surface area contributed by atoms with Gasteiger partial charge in [-0.1, -0.05) is 84.9 Å². The summed E-state index contributed by atoms with van der Waals surface area (Å²) in [5.74, 6) is 0.109. The van der Waals surface area contributed by atoms with Gasteiger partial charge in [-0.3, -0.25) is 9.69 Å².